The zero-order valence-electron chi connectivity index (χ0n) is 21.5. The number of carbonyl (C=O) groups excluding carboxylic acids is 2. The molecule has 2 amide bonds. The van der Waals surface area contributed by atoms with Crippen LogP contribution < -0.4 is 10.2 Å². The molecule has 194 valence electrons. The van der Waals surface area contributed by atoms with Crippen molar-refractivity contribution in [2.75, 3.05) is 58.3 Å². The summed E-state index contributed by atoms with van der Waals surface area (Å²) >= 11 is 0. The van der Waals surface area contributed by atoms with Crippen LogP contribution in [0.2, 0.25) is 0 Å². The molecule has 1 saturated heterocycles. The molecule has 1 aromatic carbocycles. The highest BCUT2D eigenvalue weighted by Crippen LogP contribution is 2.22. The number of nitrogens with zero attached hydrogens (tertiary/aromatic N) is 6. The first-order valence-electron chi connectivity index (χ1n) is 12.7. The number of hydrogen-bond donors (Lipinski definition) is 1. The van der Waals surface area contributed by atoms with E-state index in [0.29, 0.717) is 12.5 Å². The lowest BCUT2D eigenvalue weighted by Crippen LogP contribution is -2.51. The number of rotatable bonds is 8. The van der Waals surface area contributed by atoms with Crippen LogP contribution >= 0.6 is 0 Å². The standard InChI is InChI=1S/C26H37N7O3/c1-19-4-6-20(7-5-19)23-16-27-30-26(29-23)33-14-12-32(13-15-33)17-24(34)28-21-8-10-22(11-9-21)36-18-25(35)31(2)3/h4-7,16,21-22H,8-15,17-18H2,1-3H3,(H,28,34). The topological polar surface area (TPSA) is 104 Å². The number of piperazine rings is 1. The molecule has 1 aliphatic carbocycles. The van der Waals surface area contributed by atoms with Crippen LogP contribution in [0.15, 0.2) is 30.5 Å². The van der Waals surface area contributed by atoms with E-state index in [0.717, 1.165) is 63.1 Å². The highest BCUT2D eigenvalue weighted by atomic mass is 16.5. The molecule has 10 nitrogen and oxygen atoms in total. The van der Waals surface area contributed by atoms with Crippen molar-refractivity contribution in [1.29, 1.82) is 0 Å². The second-order valence-electron chi connectivity index (χ2n) is 9.91. The Morgan fingerprint density at radius 1 is 1.06 bits per heavy atom. The summed E-state index contributed by atoms with van der Waals surface area (Å²) in [7, 11) is 3.46. The van der Waals surface area contributed by atoms with E-state index < -0.39 is 0 Å². The van der Waals surface area contributed by atoms with Gasteiger partial charge in [0.25, 0.3) is 0 Å². The quantitative estimate of drug-likeness (QED) is 0.588. The van der Waals surface area contributed by atoms with Crippen molar-refractivity contribution < 1.29 is 14.3 Å². The lowest BCUT2D eigenvalue weighted by molar-refractivity contribution is -0.136. The van der Waals surface area contributed by atoms with Crippen LogP contribution in [0.25, 0.3) is 11.3 Å². The highest BCUT2D eigenvalue weighted by Gasteiger charge is 2.26. The van der Waals surface area contributed by atoms with E-state index >= 15 is 0 Å². The zero-order valence-corrected chi connectivity index (χ0v) is 21.5. The second kappa shape index (κ2) is 12.2. The fourth-order valence-corrected chi connectivity index (χ4v) is 4.57. The average Bonchev–Trinajstić information content (AvgIpc) is 2.89. The van der Waals surface area contributed by atoms with Gasteiger partial charge in [-0.15, -0.1) is 5.10 Å². The summed E-state index contributed by atoms with van der Waals surface area (Å²) in [6, 6.07) is 8.40. The summed E-state index contributed by atoms with van der Waals surface area (Å²) in [6.07, 6.45) is 5.26. The SMILES string of the molecule is Cc1ccc(-c2cnnc(N3CCN(CC(=O)NC4CCC(OCC(=O)N(C)C)CC4)CC3)n2)cc1. The molecule has 1 N–H and O–H groups in total. The third-order valence-electron chi connectivity index (χ3n) is 6.90. The molecule has 2 fully saturated rings. The first kappa shape index (κ1) is 26.0. The number of aromatic nitrogens is 3. The number of benzene rings is 1. The molecule has 2 aliphatic rings. The van der Waals surface area contributed by atoms with Gasteiger partial charge in [0, 0.05) is 51.9 Å². The Balaban J connectivity index is 1.18. The largest absolute Gasteiger partial charge is 0.368 e. The number of ether oxygens (including phenoxy) is 1. The van der Waals surface area contributed by atoms with Crippen molar-refractivity contribution in [2.24, 2.45) is 0 Å². The van der Waals surface area contributed by atoms with Crippen molar-refractivity contribution >= 4 is 17.8 Å². The Bertz CT molecular complexity index is 1010. The van der Waals surface area contributed by atoms with E-state index in [-0.39, 0.29) is 30.6 Å². The first-order valence-corrected chi connectivity index (χ1v) is 12.7. The van der Waals surface area contributed by atoms with Gasteiger partial charge in [0.05, 0.1) is 24.5 Å². The molecule has 0 spiro atoms. The monoisotopic (exact) mass is 495 g/mol. The maximum Gasteiger partial charge on any atom is 0.248 e. The molecule has 2 aromatic rings. The summed E-state index contributed by atoms with van der Waals surface area (Å²) in [5.41, 5.74) is 3.04. The minimum atomic E-state index is -0.0210. The van der Waals surface area contributed by atoms with Gasteiger partial charge < -0.3 is 19.9 Å². The number of nitrogens with one attached hydrogen (secondary N) is 1. The molecule has 0 bridgehead atoms. The molecule has 36 heavy (non-hydrogen) atoms. The van der Waals surface area contributed by atoms with Gasteiger partial charge in [-0.1, -0.05) is 29.8 Å². The van der Waals surface area contributed by atoms with Crippen molar-refractivity contribution in [1.82, 2.24) is 30.3 Å². The molecule has 2 heterocycles. The Kier molecular flexibility index (Phi) is 8.82. The van der Waals surface area contributed by atoms with Crippen LogP contribution in [0.5, 0.6) is 0 Å². The molecule has 10 heteroatoms. The van der Waals surface area contributed by atoms with Gasteiger partial charge in [-0.2, -0.15) is 5.10 Å². The number of hydrogen-bond acceptors (Lipinski definition) is 8. The molecule has 1 saturated carbocycles. The minimum Gasteiger partial charge on any atom is -0.368 e. The van der Waals surface area contributed by atoms with Gasteiger partial charge in [-0.3, -0.25) is 14.5 Å². The summed E-state index contributed by atoms with van der Waals surface area (Å²) in [5.74, 6) is 0.672. The lowest BCUT2D eigenvalue weighted by Gasteiger charge is -2.35. The molecule has 0 radical (unpaired) electrons. The molecule has 0 atom stereocenters. The summed E-state index contributed by atoms with van der Waals surface area (Å²) in [6.45, 7) is 5.62. The van der Waals surface area contributed by atoms with Crippen LogP contribution in [-0.2, 0) is 14.3 Å². The van der Waals surface area contributed by atoms with E-state index in [2.05, 4.69) is 44.4 Å². The van der Waals surface area contributed by atoms with Gasteiger partial charge >= 0.3 is 0 Å². The Hall–Kier alpha value is -3.11. The lowest BCUT2D eigenvalue weighted by atomic mass is 9.93. The van der Waals surface area contributed by atoms with Gasteiger partial charge in [0.15, 0.2) is 0 Å². The summed E-state index contributed by atoms with van der Waals surface area (Å²) in [4.78, 5) is 34.9. The van der Waals surface area contributed by atoms with E-state index in [9.17, 15) is 9.59 Å². The number of likely N-dealkylation sites (N-methyl/N-ethyl adjacent to an activating group) is 1. The van der Waals surface area contributed by atoms with Gasteiger partial charge in [0.1, 0.15) is 6.61 Å². The Labute approximate surface area is 213 Å². The maximum absolute atomic E-state index is 12.6. The first-order chi connectivity index (χ1) is 17.4. The number of carbonyl (C=O) groups is 2. The van der Waals surface area contributed by atoms with Crippen molar-refractivity contribution in [2.45, 2.75) is 44.8 Å². The number of anilines is 1. The molecule has 1 aromatic heterocycles. The van der Waals surface area contributed by atoms with E-state index in [4.69, 9.17) is 9.72 Å². The van der Waals surface area contributed by atoms with Crippen molar-refractivity contribution in [3.8, 4) is 11.3 Å². The fraction of sp³-hybridized carbons (Fsp3) is 0.577. The smallest absolute Gasteiger partial charge is 0.248 e. The summed E-state index contributed by atoms with van der Waals surface area (Å²) in [5, 5.41) is 11.6. The van der Waals surface area contributed by atoms with Gasteiger partial charge in [-0.25, -0.2) is 4.98 Å². The minimum absolute atomic E-state index is 0.0210. The predicted octanol–water partition coefficient (Wildman–Crippen LogP) is 1.50. The third-order valence-corrected chi connectivity index (χ3v) is 6.90. The van der Waals surface area contributed by atoms with Crippen LogP contribution in [0.3, 0.4) is 0 Å². The number of amides is 2. The maximum atomic E-state index is 12.6. The third kappa shape index (κ3) is 7.20. The van der Waals surface area contributed by atoms with Crippen LogP contribution in [-0.4, -0.2) is 102 Å². The fourth-order valence-electron chi connectivity index (χ4n) is 4.57. The van der Waals surface area contributed by atoms with Crippen molar-refractivity contribution in [3.63, 3.8) is 0 Å². The van der Waals surface area contributed by atoms with Gasteiger partial charge in [-0.05, 0) is 32.6 Å². The molecule has 0 unspecified atom stereocenters. The van der Waals surface area contributed by atoms with E-state index in [1.807, 2.05) is 12.1 Å². The summed E-state index contributed by atoms with van der Waals surface area (Å²) < 4.78 is 5.73. The van der Waals surface area contributed by atoms with Crippen LogP contribution in [0.4, 0.5) is 5.95 Å². The number of aryl methyl sites for hydroxylation is 1. The molecule has 4 rings (SSSR count). The Morgan fingerprint density at radius 2 is 1.75 bits per heavy atom. The second-order valence-corrected chi connectivity index (χ2v) is 9.91. The van der Waals surface area contributed by atoms with Crippen LogP contribution in [0.1, 0.15) is 31.2 Å². The molecular formula is C26H37N7O3. The van der Waals surface area contributed by atoms with E-state index in [1.54, 1.807) is 20.3 Å². The predicted molar refractivity (Wildman–Crippen MR) is 137 cm³/mol. The average molecular weight is 496 g/mol. The van der Waals surface area contributed by atoms with Crippen LogP contribution in [0, 0.1) is 6.92 Å². The highest BCUT2D eigenvalue weighted by molar-refractivity contribution is 5.78. The van der Waals surface area contributed by atoms with E-state index in [1.165, 1.54) is 10.5 Å². The normalized spacial score (nSPS) is 20.7. The van der Waals surface area contributed by atoms with Crippen molar-refractivity contribution in [3.05, 3.63) is 36.0 Å². The molecule has 1 aliphatic heterocycles. The van der Waals surface area contributed by atoms with Gasteiger partial charge in [0.2, 0.25) is 17.8 Å². The Morgan fingerprint density at radius 3 is 2.42 bits per heavy atom. The zero-order chi connectivity index (χ0) is 25.5. The molecular weight excluding hydrogens is 458 g/mol.